The van der Waals surface area contributed by atoms with E-state index in [0.29, 0.717) is 0 Å². The molecule has 0 heterocycles. The zero-order valence-corrected chi connectivity index (χ0v) is 7.20. The molecule has 0 saturated carbocycles. The summed E-state index contributed by atoms with van der Waals surface area (Å²) in [7, 11) is 0. The lowest BCUT2D eigenvalue weighted by atomic mass is 9.82. The second-order valence-corrected chi connectivity index (χ2v) is 3.28. The summed E-state index contributed by atoms with van der Waals surface area (Å²) < 4.78 is 0. The highest BCUT2D eigenvalue weighted by Gasteiger charge is 2.25. The van der Waals surface area contributed by atoms with Crippen molar-refractivity contribution in [2.75, 3.05) is 0 Å². The van der Waals surface area contributed by atoms with E-state index in [4.69, 9.17) is 0 Å². The summed E-state index contributed by atoms with van der Waals surface area (Å²) in [5, 5.41) is 0. The van der Waals surface area contributed by atoms with Crippen molar-refractivity contribution >= 4 is 0 Å². The summed E-state index contributed by atoms with van der Waals surface area (Å²) in [4.78, 5) is 0. The van der Waals surface area contributed by atoms with Gasteiger partial charge >= 0.3 is 0 Å². The fraction of sp³-hybridized carbons (Fsp3) is 0. The Kier molecular flexibility index (Phi) is 1.25. The highest BCUT2D eigenvalue weighted by molar-refractivity contribution is 6.01. The fourth-order valence-electron chi connectivity index (χ4n) is 1.91. The van der Waals surface area contributed by atoms with E-state index >= 15 is 0 Å². The van der Waals surface area contributed by atoms with Gasteiger partial charge in [-0.05, 0) is 48.5 Å². The van der Waals surface area contributed by atoms with Crippen LogP contribution in [0.15, 0.2) is 54.6 Å². The first kappa shape index (κ1) is 6.79. The Hall–Kier alpha value is -1.69. The Balaban J connectivity index is 2.34. The third kappa shape index (κ3) is 0.829. The summed E-state index contributed by atoms with van der Waals surface area (Å²) in [6.45, 7) is 0. The molecule has 60 valence electrons. The van der Waals surface area contributed by atoms with Crippen LogP contribution in [0.4, 0.5) is 0 Å². The van der Waals surface area contributed by atoms with Gasteiger partial charge in [0.2, 0.25) is 0 Å². The van der Waals surface area contributed by atoms with Crippen LogP contribution in [0.1, 0.15) is 0 Å². The Bertz CT molecular complexity index is 433. The minimum atomic E-state index is 1.38. The molecule has 0 bridgehead atoms. The molecule has 3 rings (SSSR count). The van der Waals surface area contributed by atoms with Gasteiger partial charge in [-0.2, -0.15) is 0 Å². The molecule has 0 N–H and O–H groups in total. The molecule has 2 aromatic carbocycles. The first-order valence-corrected chi connectivity index (χ1v) is 4.49. The zero-order valence-electron chi connectivity index (χ0n) is 7.20. The molecule has 13 heavy (non-hydrogen) atoms. The average Bonchev–Trinajstić information content (AvgIpc) is 2.37. The smallest absolute Gasteiger partial charge is 0.0485 e. The van der Waals surface area contributed by atoms with E-state index in [-0.39, 0.29) is 0 Å². The molecule has 0 heteroatoms. The normalized spacial score (nSPS) is 11.1. The SMILES string of the molecule is c1ccc2[c+](cc1)-c1ccccc1-2. The van der Waals surface area contributed by atoms with Gasteiger partial charge in [0.1, 0.15) is 0 Å². The number of fused-ring (bicyclic) bond motifs is 4. The van der Waals surface area contributed by atoms with Crippen molar-refractivity contribution in [1.29, 1.82) is 0 Å². The number of hydrogen-bond acceptors (Lipinski definition) is 0. The lowest BCUT2D eigenvalue weighted by Crippen LogP contribution is -1.94. The van der Waals surface area contributed by atoms with Gasteiger partial charge in [-0.1, -0.05) is 0 Å². The molecule has 0 amide bonds. The molecule has 1 aliphatic rings. The topological polar surface area (TPSA) is 0 Å². The molecule has 2 aromatic rings. The van der Waals surface area contributed by atoms with Crippen LogP contribution in [0.3, 0.4) is 0 Å². The lowest BCUT2D eigenvalue weighted by Gasteiger charge is -2.14. The van der Waals surface area contributed by atoms with E-state index in [1.165, 1.54) is 22.3 Å². The van der Waals surface area contributed by atoms with Crippen LogP contribution in [-0.2, 0) is 0 Å². The van der Waals surface area contributed by atoms with Crippen molar-refractivity contribution in [2.45, 2.75) is 0 Å². The second-order valence-electron chi connectivity index (χ2n) is 3.28. The number of hydrogen-bond donors (Lipinski definition) is 0. The monoisotopic (exact) mass is 165 g/mol. The summed E-state index contributed by atoms with van der Waals surface area (Å²) in [5.74, 6) is 0. The maximum atomic E-state index is 2.18. The molecular formula is C13H9+. The summed E-state index contributed by atoms with van der Waals surface area (Å²) >= 11 is 0. The van der Waals surface area contributed by atoms with Gasteiger partial charge in [0.05, 0.1) is 22.3 Å². The number of rotatable bonds is 0. The van der Waals surface area contributed by atoms with Gasteiger partial charge in [0.15, 0.2) is 0 Å². The average molecular weight is 165 g/mol. The summed E-state index contributed by atoms with van der Waals surface area (Å²) in [6.07, 6.45) is 0. The van der Waals surface area contributed by atoms with Crippen LogP contribution < -0.4 is 0 Å². The van der Waals surface area contributed by atoms with Crippen molar-refractivity contribution in [3.05, 3.63) is 54.6 Å². The van der Waals surface area contributed by atoms with Crippen molar-refractivity contribution < 1.29 is 0 Å². The largest absolute Gasteiger partial charge is 0.0735 e. The first-order valence-electron chi connectivity index (χ1n) is 4.49. The van der Waals surface area contributed by atoms with Gasteiger partial charge < -0.3 is 0 Å². The van der Waals surface area contributed by atoms with Crippen molar-refractivity contribution in [2.24, 2.45) is 0 Å². The van der Waals surface area contributed by atoms with Gasteiger partial charge in [-0.25, -0.2) is 0 Å². The Morgan fingerprint density at radius 3 is 2.62 bits per heavy atom. The predicted molar refractivity (Wildman–Crippen MR) is 55.3 cm³/mol. The Morgan fingerprint density at radius 1 is 0.769 bits per heavy atom. The lowest BCUT2D eigenvalue weighted by molar-refractivity contribution is 1.55. The zero-order chi connectivity index (χ0) is 8.67. The standard InChI is InChI=1S/C13H9/c1-2-6-10-11(7-3-1)13-9-5-4-8-12(10)13/h1-9H/q+1. The van der Waals surface area contributed by atoms with E-state index in [1.54, 1.807) is 0 Å². The van der Waals surface area contributed by atoms with Gasteiger partial charge in [-0.3, -0.25) is 0 Å². The van der Waals surface area contributed by atoms with Gasteiger partial charge in [0, 0.05) is 6.07 Å². The molecule has 0 unspecified atom stereocenters. The second kappa shape index (κ2) is 2.40. The van der Waals surface area contributed by atoms with E-state index in [0.717, 1.165) is 0 Å². The van der Waals surface area contributed by atoms with Crippen molar-refractivity contribution in [1.82, 2.24) is 0 Å². The molecule has 0 spiro atoms. The Labute approximate surface area is 77.5 Å². The minimum absolute atomic E-state index is 1.38. The van der Waals surface area contributed by atoms with E-state index < -0.39 is 0 Å². The third-order valence-corrected chi connectivity index (χ3v) is 2.55. The van der Waals surface area contributed by atoms with Crippen LogP contribution in [-0.4, -0.2) is 0 Å². The van der Waals surface area contributed by atoms with Gasteiger partial charge in [-0.15, -0.1) is 0 Å². The molecule has 0 fully saturated rings. The van der Waals surface area contributed by atoms with Crippen LogP contribution in [0.2, 0.25) is 0 Å². The van der Waals surface area contributed by atoms with Gasteiger partial charge in [0.25, 0.3) is 0 Å². The summed E-state index contributed by atoms with van der Waals surface area (Å²) in [5.41, 5.74) is 5.52. The minimum Gasteiger partial charge on any atom is -0.0485 e. The highest BCUT2D eigenvalue weighted by atomic mass is 14.2. The van der Waals surface area contributed by atoms with Crippen LogP contribution >= 0.6 is 0 Å². The molecule has 0 radical (unpaired) electrons. The van der Waals surface area contributed by atoms with Crippen molar-refractivity contribution in [3.63, 3.8) is 0 Å². The fourth-order valence-corrected chi connectivity index (χ4v) is 1.91. The van der Waals surface area contributed by atoms with E-state index in [2.05, 4.69) is 54.6 Å². The van der Waals surface area contributed by atoms with Crippen molar-refractivity contribution in [3.8, 4) is 22.3 Å². The molecule has 1 aliphatic carbocycles. The Morgan fingerprint density at radius 2 is 1.62 bits per heavy atom. The molecule has 0 atom stereocenters. The number of benzene rings is 1. The van der Waals surface area contributed by atoms with Crippen LogP contribution in [0.5, 0.6) is 0 Å². The predicted octanol–water partition coefficient (Wildman–Crippen LogP) is 3.62. The van der Waals surface area contributed by atoms with E-state index in [1.807, 2.05) is 0 Å². The quantitative estimate of drug-likeness (QED) is 0.446. The highest BCUT2D eigenvalue weighted by Crippen LogP contribution is 2.45. The molecular weight excluding hydrogens is 156 g/mol. The van der Waals surface area contributed by atoms with E-state index in [9.17, 15) is 0 Å². The molecule has 0 nitrogen and oxygen atoms in total. The first-order chi connectivity index (χ1) is 6.47. The van der Waals surface area contributed by atoms with Crippen LogP contribution in [0, 0.1) is 0 Å². The molecule has 0 aliphatic heterocycles. The third-order valence-electron chi connectivity index (χ3n) is 2.55. The summed E-state index contributed by atoms with van der Waals surface area (Å²) in [6, 6.07) is 19.1. The molecule has 0 saturated heterocycles. The van der Waals surface area contributed by atoms with Crippen LogP contribution in [0.25, 0.3) is 22.3 Å². The molecule has 0 aromatic heterocycles. The maximum Gasteiger partial charge on any atom is 0.0735 e. The maximum absolute atomic E-state index is 2.18.